The normalized spacial score (nSPS) is 17.3. The second-order valence-corrected chi connectivity index (χ2v) is 7.57. The summed E-state index contributed by atoms with van der Waals surface area (Å²) in [5.41, 5.74) is -3.59. The average Bonchev–Trinajstić information content (AvgIpc) is 3.13. The Labute approximate surface area is 183 Å². The number of likely N-dealkylation sites (N-methyl/N-ethyl adjacent to an activating group) is 1. The summed E-state index contributed by atoms with van der Waals surface area (Å²) < 4.78 is 111. The molecule has 1 heterocycles. The van der Waals surface area contributed by atoms with Gasteiger partial charge < -0.3 is 10.1 Å². The number of amides is 1. The lowest BCUT2D eigenvalue weighted by Crippen LogP contribution is -2.41. The molecule has 4 nitrogen and oxygen atoms in total. The number of nitrogens with zero attached hydrogens (tertiary/aromatic N) is 1. The highest BCUT2D eigenvalue weighted by molar-refractivity contribution is 5.82. The molecule has 33 heavy (non-hydrogen) atoms. The highest BCUT2D eigenvalue weighted by atomic mass is 19.4. The number of alkyl halides is 6. The minimum atomic E-state index is -5.13. The maximum atomic E-state index is 14.4. The van der Waals surface area contributed by atoms with Gasteiger partial charge in [0.1, 0.15) is 11.6 Å². The molecule has 1 aliphatic heterocycles. The first-order chi connectivity index (χ1) is 15.3. The minimum absolute atomic E-state index is 0.114. The maximum Gasteiger partial charge on any atom is 0.416 e. The van der Waals surface area contributed by atoms with Gasteiger partial charge in [-0.05, 0) is 50.7 Å². The van der Waals surface area contributed by atoms with E-state index in [2.05, 4.69) is 5.32 Å². The molecule has 0 unspecified atom stereocenters. The van der Waals surface area contributed by atoms with Crippen LogP contribution in [0.1, 0.15) is 29.5 Å². The molecule has 180 valence electrons. The summed E-state index contributed by atoms with van der Waals surface area (Å²) in [7, 11) is 1.75. The van der Waals surface area contributed by atoms with Crippen molar-refractivity contribution in [2.24, 2.45) is 0 Å². The third kappa shape index (κ3) is 5.92. The molecule has 1 fully saturated rings. The van der Waals surface area contributed by atoms with Gasteiger partial charge in [-0.1, -0.05) is 0 Å². The molecular weight excluding hydrogens is 464 g/mol. The highest BCUT2D eigenvalue weighted by Crippen LogP contribution is 2.39. The van der Waals surface area contributed by atoms with Crippen molar-refractivity contribution in [3.8, 4) is 11.5 Å². The summed E-state index contributed by atoms with van der Waals surface area (Å²) in [5, 5.41) is 2.48. The summed E-state index contributed by atoms with van der Waals surface area (Å²) in [6, 6.07) is 1.13. The number of benzene rings is 2. The second kappa shape index (κ2) is 9.16. The standard InChI is InChI=1S/C21H18F8N2O2/c1-31-4-2-3-17(31)19(32)30-10-11-5-16(23)18(9-15(11)22)33-14-7-12(20(24,25)26)6-13(8-14)21(27,28)29/h5-9,17H,2-4,10H2,1H3,(H,30,32)/t17-/m0/s1. The Kier molecular flexibility index (Phi) is 6.87. The number of hydrogen-bond donors (Lipinski definition) is 1. The molecule has 3 rings (SSSR count). The van der Waals surface area contributed by atoms with Gasteiger partial charge >= 0.3 is 12.4 Å². The van der Waals surface area contributed by atoms with Crippen molar-refractivity contribution in [1.82, 2.24) is 10.2 Å². The van der Waals surface area contributed by atoms with Crippen LogP contribution in [0.4, 0.5) is 35.1 Å². The predicted octanol–water partition coefficient (Wildman–Crippen LogP) is 5.51. The molecule has 0 aromatic heterocycles. The number of nitrogens with one attached hydrogen (secondary N) is 1. The zero-order valence-corrected chi connectivity index (χ0v) is 17.1. The molecule has 1 N–H and O–H groups in total. The molecule has 1 atom stereocenters. The van der Waals surface area contributed by atoms with Crippen molar-refractivity contribution in [2.45, 2.75) is 37.8 Å². The van der Waals surface area contributed by atoms with Crippen molar-refractivity contribution < 1.29 is 44.7 Å². The van der Waals surface area contributed by atoms with E-state index in [-0.39, 0.29) is 36.2 Å². The summed E-state index contributed by atoms with van der Waals surface area (Å²) in [6.07, 6.45) is -8.82. The van der Waals surface area contributed by atoms with E-state index in [0.29, 0.717) is 18.6 Å². The van der Waals surface area contributed by atoms with Crippen molar-refractivity contribution in [3.63, 3.8) is 0 Å². The smallest absolute Gasteiger partial charge is 0.416 e. The highest BCUT2D eigenvalue weighted by Gasteiger charge is 2.37. The lowest BCUT2D eigenvalue weighted by atomic mass is 10.1. The lowest BCUT2D eigenvalue weighted by molar-refractivity contribution is -0.143. The van der Waals surface area contributed by atoms with Crippen LogP contribution in [0.25, 0.3) is 0 Å². The van der Waals surface area contributed by atoms with Crippen LogP contribution < -0.4 is 10.1 Å². The number of hydrogen-bond acceptors (Lipinski definition) is 3. The van der Waals surface area contributed by atoms with Crippen molar-refractivity contribution >= 4 is 5.91 Å². The number of rotatable bonds is 5. The van der Waals surface area contributed by atoms with Crippen LogP contribution in [0.5, 0.6) is 11.5 Å². The Bertz CT molecular complexity index is 1000. The fourth-order valence-electron chi connectivity index (χ4n) is 3.44. The molecular formula is C21H18F8N2O2. The Morgan fingerprint density at radius 2 is 1.61 bits per heavy atom. The molecule has 12 heteroatoms. The van der Waals surface area contributed by atoms with Crippen molar-refractivity contribution in [1.29, 1.82) is 0 Å². The van der Waals surface area contributed by atoms with E-state index >= 15 is 0 Å². The molecule has 0 bridgehead atoms. The Balaban J connectivity index is 1.81. The molecule has 0 aliphatic carbocycles. The zero-order chi connectivity index (χ0) is 24.6. The molecule has 1 aliphatic rings. The Hall–Kier alpha value is -2.89. The topological polar surface area (TPSA) is 41.6 Å². The average molecular weight is 482 g/mol. The van der Waals surface area contributed by atoms with Crippen molar-refractivity contribution in [3.05, 3.63) is 58.7 Å². The second-order valence-electron chi connectivity index (χ2n) is 7.57. The Morgan fingerprint density at radius 1 is 1.00 bits per heavy atom. The van der Waals surface area contributed by atoms with E-state index in [4.69, 9.17) is 4.74 Å². The van der Waals surface area contributed by atoms with E-state index in [9.17, 15) is 39.9 Å². The lowest BCUT2D eigenvalue weighted by Gasteiger charge is -2.19. The quantitative estimate of drug-likeness (QED) is 0.572. The van der Waals surface area contributed by atoms with E-state index in [1.165, 1.54) is 0 Å². The summed E-state index contributed by atoms with van der Waals surface area (Å²) in [4.78, 5) is 14.0. The first-order valence-electron chi connectivity index (χ1n) is 9.69. The zero-order valence-electron chi connectivity index (χ0n) is 17.1. The van der Waals surface area contributed by atoms with Gasteiger partial charge in [0.25, 0.3) is 0 Å². The molecule has 0 radical (unpaired) electrons. The van der Waals surface area contributed by atoms with E-state index in [0.717, 1.165) is 13.0 Å². The van der Waals surface area contributed by atoms with Crippen LogP contribution in [0.15, 0.2) is 30.3 Å². The number of halogens is 8. The fraction of sp³-hybridized carbons (Fsp3) is 0.381. The van der Waals surface area contributed by atoms with Crippen molar-refractivity contribution in [2.75, 3.05) is 13.6 Å². The van der Waals surface area contributed by atoms with Crippen LogP contribution in [-0.2, 0) is 23.7 Å². The van der Waals surface area contributed by atoms with Crippen LogP contribution in [-0.4, -0.2) is 30.4 Å². The van der Waals surface area contributed by atoms with Gasteiger partial charge in [0.15, 0.2) is 11.6 Å². The maximum absolute atomic E-state index is 14.4. The largest absolute Gasteiger partial charge is 0.454 e. The molecule has 2 aromatic rings. The van der Waals surface area contributed by atoms with Crippen LogP contribution in [0.2, 0.25) is 0 Å². The number of likely N-dealkylation sites (tertiary alicyclic amines) is 1. The SMILES string of the molecule is CN1CCC[C@H]1C(=O)NCc1cc(F)c(Oc2cc(C(F)(F)F)cc(C(F)(F)F)c2)cc1F. The summed E-state index contributed by atoms with van der Waals surface area (Å²) in [6.45, 7) is 0.354. The van der Waals surface area contributed by atoms with Gasteiger partial charge in [-0.2, -0.15) is 26.3 Å². The number of ether oxygens (including phenoxy) is 1. The predicted molar refractivity (Wildman–Crippen MR) is 100 cm³/mol. The van der Waals surface area contributed by atoms with Gasteiger partial charge in [-0.25, -0.2) is 8.78 Å². The molecule has 0 spiro atoms. The monoisotopic (exact) mass is 482 g/mol. The first-order valence-corrected chi connectivity index (χ1v) is 9.69. The summed E-state index contributed by atoms with van der Waals surface area (Å²) in [5.74, 6) is -4.55. The Morgan fingerprint density at radius 3 is 2.12 bits per heavy atom. The third-order valence-electron chi connectivity index (χ3n) is 5.17. The van der Waals surface area contributed by atoms with Gasteiger partial charge in [0.2, 0.25) is 5.91 Å². The molecule has 0 saturated carbocycles. The van der Waals surface area contributed by atoms with E-state index in [1.807, 2.05) is 4.90 Å². The van der Waals surface area contributed by atoms with Crippen LogP contribution in [0.3, 0.4) is 0 Å². The van der Waals surface area contributed by atoms with Crippen LogP contribution in [0, 0.1) is 11.6 Å². The van der Waals surface area contributed by atoms with Gasteiger partial charge in [-0.15, -0.1) is 0 Å². The van der Waals surface area contributed by atoms with Gasteiger partial charge in [0, 0.05) is 18.2 Å². The van der Waals surface area contributed by atoms with Gasteiger partial charge in [0.05, 0.1) is 17.2 Å². The summed E-state index contributed by atoms with van der Waals surface area (Å²) >= 11 is 0. The van der Waals surface area contributed by atoms with E-state index < -0.39 is 52.7 Å². The van der Waals surface area contributed by atoms with Crippen LogP contribution >= 0.6 is 0 Å². The third-order valence-corrected chi connectivity index (χ3v) is 5.17. The number of carbonyl (C=O) groups excluding carboxylic acids is 1. The van der Waals surface area contributed by atoms with E-state index in [1.54, 1.807) is 7.05 Å². The molecule has 2 aromatic carbocycles. The molecule has 1 saturated heterocycles. The first kappa shape index (κ1) is 24.7. The fourth-order valence-corrected chi connectivity index (χ4v) is 3.44. The minimum Gasteiger partial charge on any atom is -0.454 e. The van der Waals surface area contributed by atoms with Gasteiger partial charge in [-0.3, -0.25) is 9.69 Å². The molecule has 1 amide bonds. The number of carbonyl (C=O) groups is 1.